The molecule has 2 N–H and O–H groups in total. The lowest BCUT2D eigenvalue weighted by atomic mass is 10.2. The van der Waals surface area contributed by atoms with E-state index >= 15 is 0 Å². The van der Waals surface area contributed by atoms with Crippen molar-refractivity contribution in [3.8, 4) is 0 Å². The lowest BCUT2D eigenvalue weighted by Crippen LogP contribution is -2.34. The molecule has 2 rings (SSSR count). The number of carbonyl (C=O) groups is 1. The Morgan fingerprint density at radius 2 is 1.78 bits per heavy atom. The number of rotatable bonds is 3. The summed E-state index contributed by atoms with van der Waals surface area (Å²) in [6, 6.07) is 10.1. The van der Waals surface area contributed by atoms with E-state index in [1.807, 2.05) is 0 Å². The second-order valence-corrected chi connectivity index (χ2v) is 5.59. The standard InChI is InChI=1S/C14H9Cl2N3O3S/c15-9-3-1-8(2-4-9)13(20)18-14(23)17-12-7-10(19(21)22)5-6-11(12)16/h1-7H,(H2,17,18,20,23). The maximum atomic E-state index is 12.0. The average Bonchev–Trinajstić information content (AvgIpc) is 2.49. The summed E-state index contributed by atoms with van der Waals surface area (Å²) in [7, 11) is 0. The molecule has 0 saturated carbocycles. The Labute approximate surface area is 146 Å². The number of halogens is 2. The number of hydrogen-bond acceptors (Lipinski definition) is 4. The molecule has 0 bridgehead atoms. The van der Waals surface area contributed by atoms with Gasteiger partial charge < -0.3 is 5.32 Å². The van der Waals surface area contributed by atoms with Gasteiger partial charge in [0.1, 0.15) is 0 Å². The minimum atomic E-state index is -0.559. The molecule has 2 aromatic carbocycles. The zero-order valence-electron chi connectivity index (χ0n) is 11.4. The number of carbonyl (C=O) groups excluding carboxylic acids is 1. The van der Waals surface area contributed by atoms with Crippen LogP contribution in [-0.4, -0.2) is 15.9 Å². The van der Waals surface area contributed by atoms with E-state index in [0.29, 0.717) is 10.6 Å². The molecule has 0 aliphatic carbocycles. The molecule has 6 nitrogen and oxygen atoms in total. The minimum absolute atomic E-state index is 0.0349. The summed E-state index contributed by atoms with van der Waals surface area (Å²) in [4.78, 5) is 22.2. The number of benzene rings is 2. The topological polar surface area (TPSA) is 84.3 Å². The van der Waals surface area contributed by atoms with E-state index in [9.17, 15) is 14.9 Å². The SMILES string of the molecule is O=C(NC(=S)Nc1cc([N+](=O)[O-])ccc1Cl)c1ccc(Cl)cc1. The van der Waals surface area contributed by atoms with Crippen LogP contribution in [0.1, 0.15) is 10.4 Å². The Kier molecular flexibility index (Phi) is 5.49. The van der Waals surface area contributed by atoms with Crippen molar-refractivity contribution in [2.75, 3.05) is 5.32 Å². The highest BCUT2D eigenvalue weighted by molar-refractivity contribution is 7.80. The lowest BCUT2D eigenvalue weighted by Gasteiger charge is -2.10. The summed E-state index contributed by atoms with van der Waals surface area (Å²) in [5.41, 5.74) is 0.440. The van der Waals surface area contributed by atoms with Gasteiger partial charge in [-0.2, -0.15) is 0 Å². The van der Waals surface area contributed by atoms with Gasteiger partial charge in [0.05, 0.1) is 15.6 Å². The second kappa shape index (κ2) is 7.36. The van der Waals surface area contributed by atoms with Gasteiger partial charge in [-0.15, -0.1) is 0 Å². The summed E-state index contributed by atoms with van der Waals surface area (Å²) < 4.78 is 0. The molecule has 0 heterocycles. The molecule has 0 radical (unpaired) electrons. The van der Waals surface area contributed by atoms with Crippen molar-refractivity contribution in [3.05, 3.63) is 68.2 Å². The van der Waals surface area contributed by atoms with Crippen LogP contribution in [-0.2, 0) is 0 Å². The third-order valence-corrected chi connectivity index (χ3v) is 3.53. The van der Waals surface area contributed by atoms with E-state index < -0.39 is 10.8 Å². The van der Waals surface area contributed by atoms with Crippen LogP contribution in [0.15, 0.2) is 42.5 Å². The van der Waals surface area contributed by atoms with Gasteiger partial charge in [-0.3, -0.25) is 20.2 Å². The smallest absolute Gasteiger partial charge is 0.271 e. The zero-order valence-corrected chi connectivity index (χ0v) is 13.7. The minimum Gasteiger partial charge on any atom is -0.331 e. The van der Waals surface area contributed by atoms with E-state index in [-0.39, 0.29) is 21.5 Å². The number of anilines is 1. The van der Waals surface area contributed by atoms with Crippen molar-refractivity contribution in [2.45, 2.75) is 0 Å². The fraction of sp³-hybridized carbons (Fsp3) is 0. The van der Waals surface area contributed by atoms with Crippen LogP contribution in [0, 0.1) is 10.1 Å². The van der Waals surface area contributed by atoms with E-state index in [4.69, 9.17) is 35.4 Å². The Hall–Kier alpha value is -2.22. The highest BCUT2D eigenvalue weighted by atomic mass is 35.5. The van der Waals surface area contributed by atoms with Gasteiger partial charge in [0, 0.05) is 22.7 Å². The normalized spacial score (nSPS) is 10.0. The molecule has 23 heavy (non-hydrogen) atoms. The first kappa shape index (κ1) is 17.1. The predicted molar refractivity (Wildman–Crippen MR) is 93.2 cm³/mol. The van der Waals surface area contributed by atoms with E-state index in [2.05, 4.69) is 10.6 Å². The molecule has 0 unspecified atom stereocenters. The Morgan fingerprint density at radius 3 is 2.39 bits per heavy atom. The molecular weight excluding hydrogens is 361 g/mol. The molecule has 118 valence electrons. The maximum Gasteiger partial charge on any atom is 0.271 e. The third kappa shape index (κ3) is 4.62. The number of nitrogens with zero attached hydrogens (tertiary/aromatic N) is 1. The summed E-state index contributed by atoms with van der Waals surface area (Å²) in [5.74, 6) is -0.444. The number of nitrogens with one attached hydrogen (secondary N) is 2. The number of amides is 1. The fourth-order valence-corrected chi connectivity index (χ4v) is 2.15. The van der Waals surface area contributed by atoms with Gasteiger partial charge in [0.25, 0.3) is 11.6 Å². The van der Waals surface area contributed by atoms with Gasteiger partial charge in [-0.1, -0.05) is 23.2 Å². The van der Waals surface area contributed by atoms with Crippen molar-refractivity contribution >= 4 is 57.8 Å². The zero-order chi connectivity index (χ0) is 17.0. The van der Waals surface area contributed by atoms with Gasteiger partial charge in [-0.25, -0.2) is 0 Å². The molecular formula is C14H9Cl2N3O3S. The number of nitro groups is 1. The summed E-state index contributed by atoms with van der Waals surface area (Å²) >= 11 is 16.7. The average molecular weight is 370 g/mol. The van der Waals surface area contributed by atoms with E-state index in [1.165, 1.54) is 18.2 Å². The number of thiocarbonyl (C=S) groups is 1. The lowest BCUT2D eigenvalue weighted by molar-refractivity contribution is -0.384. The predicted octanol–water partition coefficient (Wildman–Crippen LogP) is 4.03. The van der Waals surface area contributed by atoms with Crippen molar-refractivity contribution in [3.63, 3.8) is 0 Å². The molecule has 0 aromatic heterocycles. The van der Waals surface area contributed by atoms with Crippen molar-refractivity contribution < 1.29 is 9.72 Å². The van der Waals surface area contributed by atoms with Crippen LogP contribution in [0.2, 0.25) is 10.0 Å². The van der Waals surface area contributed by atoms with E-state index in [1.54, 1.807) is 24.3 Å². The maximum absolute atomic E-state index is 12.0. The molecule has 0 spiro atoms. The molecule has 2 aromatic rings. The Bertz CT molecular complexity index is 781. The molecule has 9 heteroatoms. The van der Waals surface area contributed by atoms with Crippen LogP contribution in [0.4, 0.5) is 11.4 Å². The first-order valence-electron chi connectivity index (χ1n) is 6.18. The number of non-ortho nitro benzene ring substituents is 1. The first-order chi connectivity index (χ1) is 10.9. The second-order valence-electron chi connectivity index (χ2n) is 4.34. The fourth-order valence-electron chi connectivity index (χ4n) is 1.65. The highest BCUT2D eigenvalue weighted by Gasteiger charge is 2.12. The summed E-state index contributed by atoms with van der Waals surface area (Å²) in [5, 5.41) is 16.6. The number of nitro benzene ring substituents is 1. The first-order valence-corrected chi connectivity index (χ1v) is 7.35. The Balaban J connectivity index is 2.07. The molecule has 0 atom stereocenters. The third-order valence-electron chi connectivity index (χ3n) is 2.74. The molecule has 0 fully saturated rings. The van der Waals surface area contributed by atoms with Crippen molar-refractivity contribution in [1.82, 2.24) is 5.32 Å². The van der Waals surface area contributed by atoms with Gasteiger partial charge in [0.2, 0.25) is 0 Å². The van der Waals surface area contributed by atoms with Crippen LogP contribution in [0.5, 0.6) is 0 Å². The largest absolute Gasteiger partial charge is 0.331 e. The van der Waals surface area contributed by atoms with Gasteiger partial charge in [-0.05, 0) is 42.5 Å². The summed E-state index contributed by atoms with van der Waals surface area (Å²) in [6.45, 7) is 0. The number of hydrogen-bond donors (Lipinski definition) is 2. The van der Waals surface area contributed by atoms with Crippen LogP contribution >= 0.6 is 35.4 Å². The van der Waals surface area contributed by atoms with Crippen LogP contribution in [0.25, 0.3) is 0 Å². The van der Waals surface area contributed by atoms with Crippen LogP contribution in [0.3, 0.4) is 0 Å². The van der Waals surface area contributed by atoms with Crippen molar-refractivity contribution in [1.29, 1.82) is 0 Å². The summed E-state index contributed by atoms with van der Waals surface area (Å²) in [6.07, 6.45) is 0. The highest BCUT2D eigenvalue weighted by Crippen LogP contribution is 2.26. The monoisotopic (exact) mass is 369 g/mol. The molecule has 0 aliphatic rings. The Morgan fingerprint density at radius 1 is 1.13 bits per heavy atom. The quantitative estimate of drug-likeness (QED) is 0.484. The van der Waals surface area contributed by atoms with Gasteiger partial charge >= 0.3 is 0 Å². The van der Waals surface area contributed by atoms with Gasteiger partial charge in [0.15, 0.2) is 5.11 Å². The molecule has 1 amide bonds. The van der Waals surface area contributed by atoms with Crippen molar-refractivity contribution in [2.24, 2.45) is 0 Å². The molecule has 0 saturated heterocycles. The van der Waals surface area contributed by atoms with E-state index in [0.717, 1.165) is 0 Å². The van der Waals surface area contributed by atoms with Crippen LogP contribution < -0.4 is 10.6 Å². The molecule has 0 aliphatic heterocycles.